The number of aryl methyl sites for hydroxylation is 1. The molecule has 6 nitrogen and oxygen atoms in total. The number of anilines is 1. The smallest absolute Gasteiger partial charge is 0.172 e. The molecule has 0 aliphatic rings. The lowest BCUT2D eigenvalue weighted by Gasteiger charge is -2.10. The van der Waals surface area contributed by atoms with Gasteiger partial charge in [-0.2, -0.15) is 10.2 Å². The predicted octanol–water partition coefficient (Wildman–Crippen LogP) is 4.19. The average Bonchev–Trinajstić information content (AvgIpc) is 3.22. The van der Waals surface area contributed by atoms with Gasteiger partial charge in [-0.3, -0.25) is 9.36 Å². The third-order valence-corrected chi connectivity index (χ3v) is 5.14. The first-order valence-corrected chi connectivity index (χ1v) is 9.77. The van der Waals surface area contributed by atoms with E-state index in [-0.39, 0.29) is 12.4 Å². The van der Waals surface area contributed by atoms with Crippen molar-refractivity contribution in [3.05, 3.63) is 63.2 Å². The summed E-state index contributed by atoms with van der Waals surface area (Å²) >= 11 is 14.9. The summed E-state index contributed by atoms with van der Waals surface area (Å²) in [5.41, 5.74) is 1.40. The number of nitrogens with one attached hydrogen (secondary N) is 2. The van der Waals surface area contributed by atoms with Crippen molar-refractivity contribution in [3.8, 4) is 0 Å². The topological polar surface area (TPSA) is 59.7 Å². The van der Waals surface area contributed by atoms with E-state index < -0.39 is 0 Å². The van der Waals surface area contributed by atoms with Crippen molar-refractivity contribution >= 4 is 50.7 Å². The monoisotopic (exact) mass is 470 g/mol. The van der Waals surface area contributed by atoms with Crippen LogP contribution in [0.1, 0.15) is 18.2 Å². The first kappa shape index (κ1) is 19.8. The largest absolute Gasteiger partial charge is 0.357 e. The second-order valence-electron chi connectivity index (χ2n) is 5.66. The number of thiocarbonyl (C=S) groups is 1. The average molecular weight is 472 g/mol. The first-order chi connectivity index (χ1) is 13.0. The minimum Gasteiger partial charge on any atom is -0.357 e. The summed E-state index contributed by atoms with van der Waals surface area (Å²) in [6.45, 7) is 3.54. The number of nitrogens with zero attached hydrogens (tertiary/aromatic N) is 4. The van der Waals surface area contributed by atoms with E-state index in [1.165, 1.54) is 6.07 Å². The summed E-state index contributed by atoms with van der Waals surface area (Å²) in [4.78, 5) is 0. The van der Waals surface area contributed by atoms with E-state index in [9.17, 15) is 4.39 Å². The third-order valence-electron chi connectivity index (χ3n) is 3.88. The molecule has 0 bridgehead atoms. The van der Waals surface area contributed by atoms with Gasteiger partial charge < -0.3 is 10.6 Å². The molecule has 0 aliphatic carbocycles. The third kappa shape index (κ3) is 4.85. The Morgan fingerprint density at radius 1 is 1.37 bits per heavy atom. The maximum atomic E-state index is 13.9. The number of rotatable bonds is 6. The van der Waals surface area contributed by atoms with Crippen LogP contribution in [0.5, 0.6) is 0 Å². The van der Waals surface area contributed by atoms with Gasteiger partial charge in [0.05, 0.1) is 29.5 Å². The van der Waals surface area contributed by atoms with Gasteiger partial charge in [0.25, 0.3) is 0 Å². The fraction of sp³-hybridized carbons (Fsp3) is 0.235. The van der Waals surface area contributed by atoms with Crippen molar-refractivity contribution in [2.24, 2.45) is 0 Å². The van der Waals surface area contributed by atoms with Crippen molar-refractivity contribution in [3.63, 3.8) is 0 Å². The molecule has 2 N–H and O–H groups in total. The molecule has 3 rings (SSSR count). The molecule has 27 heavy (non-hydrogen) atoms. The Morgan fingerprint density at radius 2 is 2.19 bits per heavy atom. The Labute approximate surface area is 174 Å². The molecule has 2 aromatic heterocycles. The van der Waals surface area contributed by atoms with Crippen LogP contribution in [0, 0.1) is 5.82 Å². The molecule has 0 spiro atoms. The summed E-state index contributed by atoms with van der Waals surface area (Å²) in [6.07, 6.45) is 3.49. The van der Waals surface area contributed by atoms with E-state index in [0.717, 1.165) is 16.7 Å². The lowest BCUT2D eigenvalue weighted by atomic mass is 10.2. The van der Waals surface area contributed by atoms with Crippen LogP contribution in [-0.4, -0.2) is 24.7 Å². The molecule has 0 radical (unpaired) electrons. The summed E-state index contributed by atoms with van der Waals surface area (Å²) in [6, 6.07) is 6.36. The number of halogens is 3. The number of benzene rings is 1. The van der Waals surface area contributed by atoms with Gasteiger partial charge in [-0.1, -0.05) is 17.7 Å². The van der Waals surface area contributed by atoms with Crippen molar-refractivity contribution in [1.82, 2.24) is 24.9 Å². The fourth-order valence-corrected chi connectivity index (χ4v) is 3.36. The molecule has 10 heteroatoms. The van der Waals surface area contributed by atoms with Crippen LogP contribution < -0.4 is 10.6 Å². The zero-order chi connectivity index (χ0) is 19.4. The van der Waals surface area contributed by atoms with Crippen LogP contribution in [-0.2, 0) is 19.6 Å². The van der Waals surface area contributed by atoms with Crippen molar-refractivity contribution < 1.29 is 4.39 Å². The van der Waals surface area contributed by atoms with E-state index in [4.69, 9.17) is 23.8 Å². The molecule has 0 saturated heterocycles. The van der Waals surface area contributed by atoms with Crippen LogP contribution in [0.3, 0.4) is 0 Å². The molecular formula is C17H17BrClFN6S. The van der Waals surface area contributed by atoms with E-state index in [2.05, 4.69) is 36.8 Å². The quantitative estimate of drug-likeness (QED) is 0.528. The van der Waals surface area contributed by atoms with Gasteiger partial charge in [-0.25, -0.2) is 4.39 Å². The molecule has 0 aliphatic heterocycles. The molecule has 3 aromatic rings. The van der Waals surface area contributed by atoms with Crippen molar-refractivity contribution in [2.45, 2.75) is 26.6 Å². The highest BCUT2D eigenvalue weighted by atomic mass is 79.9. The minimum absolute atomic E-state index is 0.232. The highest BCUT2D eigenvalue weighted by Gasteiger charge is 2.10. The van der Waals surface area contributed by atoms with E-state index >= 15 is 0 Å². The maximum Gasteiger partial charge on any atom is 0.172 e. The lowest BCUT2D eigenvalue weighted by Crippen LogP contribution is -2.29. The second-order valence-corrected chi connectivity index (χ2v) is 7.33. The highest BCUT2D eigenvalue weighted by Crippen LogP contribution is 2.20. The fourth-order valence-electron chi connectivity index (χ4n) is 2.52. The lowest BCUT2D eigenvalue weighted by molar-refractivity contribution is 0.586. The van der Waals surface area contributed by atoms with E-state index in [1.807, 2.05) is 11.6 Å². The van der Waals surface area contributed by atoms with Crippen molar-refractivity contribution in [1.29, 1.82) is 0 Å². The standard InChI is InChI=1S/C17H17BrClFN6S/c1-2-26-15(12(18)8-22-26)9-21-17(27)23-16-6-7-25(24-16)10-11-13(19)4-3-5-14(11)20/h3-8H,2,9-10H2,1H3,(H2,21,23,24,27). The van der Waals surface area contributed by atoms with Crippen LogP contribution in [0.15, 0.2) is 41.1 Å². The van der Waals surface area contributed by atoms with Gasteiger partial charge in [0.1, 0.15) is 5.82 Å². The number of hydrogen-bond donors (Lipinski definition) is 2. The first-order valence-electron chi connectivity index (χ1n) is 8.19. The van der Waals surface area contributed by atoms with Crippen LogP contribution in [0.2, 0.25) is 5.02 Å². The van der Waals surface area contributed by atoms with Crippen LogP contribution >= 0.6 is 39.7 Å². The molecule has 0 unspecified atom stereocenters. The highest BCUT2D eigenvalue weighted by molar-refractivity contribution is 9.10. The molecule has 0 atom stereocenters. The van der Waals surface area contributed by atoms with Gasteiger partial charge in [0.15, 0.2) is 10.9 Å². The van der Waals surface area contributed by atoms with E-state index in [1.54, 1.807) is 35.3 Å². The number of aromatic nitrogens is 4. The Hall–Kier alpha value is -1.97. The predicted molar refractivity (Wildman–Crippen MR) is 111 cm³/mol. The maximum absolute atomic E-state index is 13.9. The molecule has 1 aromatic carbocycles. The summed E-state index contributed by atoms with van der Waals surface area (Å²) < 4.78 is 18.3. The SMILES string of the molecule is CCn1ncc(Br)c1CNC(=S)Nc1ccn(Cc2c(F)cccc2Cl)n1. The zero-order valence-electron chi connectivity index (χ0n) is 14.4. The van der Waals surface area contributed by atoms with E-state index in [0.29, 0.717) is 28.1 Å². The summed E-state index contributed by atoms with van der Waals surface area (Å²) in [5, 5.41) is 15.6. The number of hydrogen-bond acceptors (Lipinski definition) is 3. The zero-order valence-corrected chi connectivity index (χ0v) is 17.6. The Kier molecular flexibility index (Phi) is 6.46. The Balaban J connectivity index is 1.59. The van der Waals surface area contributed by atoms with Crippen molar-refractivity contribution in [2.75, 3.05) is 5.32 Å². The van der Waals surface area contributed by atoms with Gasteiger partial charge in [-0.05, 0) is 47.2 Å². The normalized spacial score (nSPS) is 10.8. The molecule has 142 valence electrons. The molecule has 0 saturated carbocycles. The Bertz CT molecular complexity index is 937. The molecule has 0 fully saturated rings. The Morgan fingerprint density at radius 3 is 2.93 bits per heavy atom. The summed E-state index contributed by atoms with van der Waals surface area (Å²) in [7, 11) is 0. The second kappa shape index (κ2) is 8.81. The summed E-state index contributed by atoms with van der Waals surface area (Å²) in [5.74, 6) is 0.200. The van der Waals surface area contributed by atoms with Gasteiger partial charge >= 0.3 is 0 Å². The molecular weight excluding hydrogens is 455 g/mol. The van der Waals surface area contributed by atoms with Crippen LogP contribution in [0.25, 0.3) is 0 Å². The van der Waals surface area contributed by atoms with Crippen LogP contribution in [0.4, 0.5) is 10.2 Å². The minimum atomic E-state index is -0.359. The van der Waals surface area contributed by atoms with Gasteiger partial charge in [0, 0.05) is 29.4 Å². The van der Waals surface area contributed by atoms with Gasteiger partial charge in [-0.15, -0.1) is 0 Å². The van der Waals surface area contributed by atoms with Gasteiger partial charge in [0.2, 0.25) is 0 Å². The molecule has 0 amide bonds. The molecule has 2 heterocycles.